The summed E-state index contributed by atoms with van der Waals surface area (Å²) in [5.41, 5.74) is 11.8. The highest BCUT2D eigenvalue weighted by atomic mass is 16.3. The van der Waals surface area contributed by atoms with Crippen LogP contribution in [0.25, 0.3) is 0 Å². The second kappa shape index (κ2) is 9.02. The first-order chi connectivity index (χ1) is 13.0. The van der Waals surface area contributed by atoms with E-state index in [0.717, 1.165) is 43.7 Å². The van der Waals surface area contributed by atoms with Gasteiger partial charge in [-0.15, -0.1) is 0 Å². The first kappa shape index (κ1) is 19.4. The summed E-state index contributed by atoms with van der Waals surface area (Å²) in [6.45, 7) is 7.56. The van der Waals surface area contributed by atoms with Crippen LogP contribution >= 0.6 is 0 Å². The molecule has 1 heterocycles. The van der Waals surface area contributed by atoms with Crippen molar-refractivity contribution >= 4 is 11.6 Å². The maximum absolute atomic E-state index is 9.60. The van der Waals surface area contributed by atoms with Gasteiger partial charge >= 0.3 is 0 Å². The van der Waals surface area contributed by atoms with Crippen molar-refractivity contribution in [1.29, 1.82) is 0 Å². The van der Waals surface area contributed by atoms with Gasteiger partial charge in [0.1, 0.15) is 0 Å². The zero-order valence-corrected chi connectivity index (χ0v) is 16.3. The summed E-state index contributed by atoms with van der Waals surface area (Å²) in [5, 5.41) is 12.8. The van der Waals surface area contributed by atoms with Crippen LogP contribution in [-0.2, 0) is 13.1 Å². The first-order valence-electron chi connectivity index (χ1n) is 9.61. The van der Waals surface area contributed by atoms with Crippen molar-refractivity contribution in [3.63, 3.8) is 0 Å². The average molecular weight is 367 g/mol. The molecule has 27 heavy (non-hydrogen) atoms. The fourth-order valence-corrected chi connectivity index (χ4v) is 3.50. The number of benzene rings is 2. The quantitative estimate of drug-likeness (QED) is 0.561. The van der Waals surface area contributed by atoms with Crippen molar-refractivity contribution in [1.82, 2.24) is 4.90 Å². The van der Waals surface area contributed by atoms with Crippen molar-refractivity contribution in [2.75, 3.05) is 18.4 Å². The number of nitrogens with one attached hydrogen (secondary N) is 1. The molecule has 5 heteroatoms. The number of anilines is 1. The Morgan fingerprint density at radius 2 is 1.67 bits per heavy atom. The summed E-state index contributed by atoms with van der Waals surface area (Å²) in [7, 11) is 0. The van der Waals surface area contributed by atoms with Crippen LogP contribution in [0, 0.1) is 13.8 Å². The number of piperidine rings is 1. The largest absolute Gasteiger partial charge is 0.393 e. The van der Waals surface area contributed by atoms with E-state index >= 15 is 0 Å². The van der Waals surface area contributed by atoms with Crippen molar-refractivity contribution in [2.45, 2.75) is 45.9 Å². The predicted octanol–water partition coefficient (Wildman–Crippen LogP) is 3.19. The number of guanidine groups is 1. The van der Waals surface area contributed by atoms with Crippen LogP contribution in [0.15, 0.2) is 47.5 Å². The maximum atomic E-state index is 9.60. The Morgan fingerprint density at radius 3 is 2.30 bits per heavy atom. The van der Waals surface area contributed by atoms with Crippen LogP contribution in [0.1, 0.15) is 35.1 Å². The van der Waals surface area contributed by atoms with E-state index < -0.39 is 0 Å². The third kappa shape index (κ3) is 6.08. The van der Waals surface area contributed by atoms with Gasteiger partial charge in [0.25, 0.3) is 0 Å². The minimum Gasteiger partial charge on any atom is -0.393 e. The Balaban J connectivity index is 1.52. The Bertz CT molecular complexity index is 757. The standard InChI is InChI=1S/C22H30N4O/c1-16-11-17(2)13-20(12-16)25-22(23)24-14-18-3-5-19(6-4-18)15-26-9-7-21(27)8-10-26/h3-6,11-13,21,27H,7-10,14-15H2,1-2H3,(H3,23,24,25). The molecule has 0 radical (unpaired) electrons. The third-order valence-corrected chi connectivity index (χ3v) is 4.91. The zero-order valence-electron chi connectivity index (χ0n) is 16.3. The smallest absolute Gasteiger partial charge is 0.193 e. The lowest BCUT2D eigenvalue weighted by Gasteiger charge is -2.29. The number of rotatable bonds is 5. The molecule has 0 bridgehead atoms. The van der Waals surface area contributed by atoms with Gasteiger partial charge in [0.2, 0.25) is 0 Å². The average Bonchev–Trinajstić information content (AvgIpc) is 2.62. The lowest BCUT2D eigenvalue weighted by Crippen LogP contribution is -2.35. The molecule has 1 fully saturated rings. The van der Waals surface area contributed by atoms with Crippen LogP contribution in [0.2, 0.25) is 0 Å². The van der Waals surface area contributed by atoms with E-state index in [0.29, 0.717) is 12.5 Å². The Labute approximate surface area is 161 Å². The maximum Gasteiger partial charge on any atom is 0.193 e. The molecule has 0 amide bonds. The number of likely N-dealkylation sites (tertiary alicyclic amines) is 1. The Hall–Kier alpha value is -2.37. The van der Waals surface area contributed by atoms with Gasteiger partial charge in [-0.2, -0.15) is 0 Å². The number of aliphatic hydroxyl groups is 1. The lowest BCUT2D eigenvalue weighted by atomic mass is 10.1. The fraction of sp³-hybridized carbons (Fsp3) is 0.409. The molecule has 4 N–H and O–H groups in total. The SMILES string of the molecule is Cc1cc(C)cc(NC(N)=NCc2ccc(CN3CCC(O)CC3)cc2)c1. The monoisotopic (exact) mass is 366 g/mol. The number of hydrogen-bond acceptors (Lipinski definition) is 3. The molecular weight excluding hydrogens is 336 g/mol. The molecule has 2 aromatic rings. The first-order valence-corrected chi connectivity index (χ1v) is 9.61. The molecule has 144 valence electrons. The number of aryl methyl sites for hydroxylation is 2. The summed E-state index contributed by atoms with van der Waals surface area (Å²) in [6.07, 6.45) is 1.63. The number of nitrogens with zero attached hydrogens (tertiary/aromatic N) is 2. The van der Waals surface area contributed by atoms with Gasteiger partial charge in [0.05, 0.1) is 12.6 Å². The summed E-state index contributed by atoms with van der Waals surface area (Å²) < 4.78 is 0. The minimum atomic E-state index is -0.121. The van der Waals surface area contributed by atoms with Crippen LogP contribution in [0.3, 0.4) is 0 Å². The van der Waals surface area contributed by atoms with E-state index in [9.17, 15) is 5.11 Å². The number of hydrogen-bond donors (Lipinski definition) is 3. The summed E-state index contributed by atoms with van der Waals surface area (Å²) in [6, 6.07) is 14.8. The van der Waals surface area contributed by atoms with Gasteiger partial charge in [0, 0.05) is 25.3 Å². The van der Waals surface area contributed by atoms with E-state index in [-0.39, 0.29) is 6.10 Å². The molecule has 1 aliphatic rings. The molecule has 0 aliphatic carbocycles. The van der Waals surface area contributed by atoms with Crippen LogP contribution in [0.4, 0.5) is 5.69 Å². The highest BCUT2D eigenvalue weighted by Crippen LogP contribution is 2.15. The molecule has 0 saturated carbocycles. The molecule has 2 aromatic carbocycles. The highest BCUT2D eigenvalue weighted by molar-refractivity contribution is 5.92. The molecule has 0 unspecified atom stereocenters. The van der Waals surface area contributed by atoms with Gasteiger partial charge in [-0.1, -0.05) is 30.3 Å². The van der Waals surface area contributed by atoms with Gasteiger partial charge in [0.15, 0.2) is 5.96 Å². The second-order valence-corrected chi connectivity index (χ2v) is 7.53. The van der Waals surface area contributed by atoms with Crippen LogP contribution < -0.4 is 11.1 Å². The number of aliphatic imine (C=N–C) groups is 1. The summed E-state index contributed by atoms with van der Waals surface area (Å²) in [5.74, 6) is 0.427. The van der Waals surface area contributed by atoms with E-state index in [1.54, 1.807) is 0 Å². The number of nitrogens with two attached hydrogens (primary N) is 1. The molecule has 3 rings (SSSR count). The summed E-state index contributed by atoms with van der Waals surface area (Å²) in [4.78, 5) is 6.84. The second-order valence-electron chi connectivity index (χ2n) is 7.53. The van der Waals surface area contributed by atoms with E-state index in [2.05, 4.69) is 71.5 Å². The van der Waals surface area contributed by atoms with E-state index in [1.807, 2.05) is 0 Å². The van der Waals surface area contributed by atoms with Crippen LogP contribution in [-0.4, -0.2) is 35.2 Å². The van der Waals surface area contributed by atoms with Crippen molar-refractivity contribution < 1.29 is 5.11 Å². The van der Waals surface area contributed by atoms with Crippen molar-refractivity contribution in [3.05, 3.63) is 64.7 Å². The van der Waals surface area contributed by atoms with Gasteiger partial charge in [-0.3, -0.25) is 4.90 Å². The van der Waals surface area contributed by atoms with Gasteiger partial charge in [-0.05, 0) is 61.1 Å². The molecule has 1 saturated heterocycles. The third-order valence-electron chi connectivity index (χ3n) is 4.91. The van der Waals surface area contributed by atoms with Gasteiger partial charge in [-0.25, -0.2) is 4.99 Å². The number of aliphatic hydroxyl groups excluding tert-OH is 1. The Morgan fingerprint density at radius 1 is 1.07 bits per heavy atom. The molecule has 0 spiro atoms. The van der Waals surface area contributed by atoms with Crippen LogP contribution in [0.5, 0.6) is 0 Å². The van der Waals surface area contributed by atoms with Crippen molar-refractivity contribution in [3.8, 4) is 0 Å². The normalized spacial score (nSPS) is 16.5. The summed E-state index contributed by atoms with van der Waals surface area (Å²) >= 11 is 0. The Kier molecular flexibility index (Phi) is 6.48. The fourth-order valence-electron chi connectivity index (χ4n) is 3.50. The molecule has 1 aliphatic heterocycles. The lowest BCUT2D eigenvalue weighted by molar-refractivity contribution is 0.0792. The predicted molar refractivity (Wildman–Crippen MR) is 112 cm³/mol. The molecule has 5 nitrogen and oxygen atoms in total. The van der Waals surface area contributed by atoms with E-state index in [1.165, 1.54) is 16.7 Å². The highest BCUT2D eigenvalue weighted by Gasteiger charge is 2.16. The molecule has 0 aromatic heterocycles. The zero-order chi connectivity index (χ0) is 19.2. The topological polar surface area (TPSA) is 73.9 Å². The molecular formula is C22H30N4O. The van der Waals surface area contributed by atoms with E-state index in [4.69, 9.17) is 5.73 Å². The van der Waals surface area contributed by atoms with Gasteiger partial charge < -0.3 is 16.2 Å². The van der Waals surface area contributed by atoms with Crippen molar-refractivity contribution in [2.24, 2.45) is 10.7 Å². The molecule has 0 atom stereocenters. The minimum absolute atomic E-state index is 0.121.